The van der Waals surface area contributed by atoms with E-state index in [1.807, 2.05) is 6.07 Å². The molecule has 0 saturated carbocycles. The molecule has 0 bridgehead atoms. The third-order valence-electron chi connectivity index (χ3n) is 3.20. The number of aliphatic carboxylic acids is 2. The van der Waals surface area contributed by atoms with Crippen LogP contribution in [-0.2, 0) is 9.59 Å². The van der Waals surface area contributed by atoms with Crippen molar-refractivity contribution < 1.29 is 24.5 Å². The van der Waals surface area contributed by atoms with Gasteiger partial charge in [0.2, 0.25) is 0 Å². The van der Waals surface area contributed by atoms with Crippen LogP contribution in [0.25, 0.3) is 0 Å². The quantitative estimate of drug-likeness (QED) is 0.513. The van der Waals surface area contributed by atoms with Crippen LogP contribution in [0.1, 0.15) is 58.9 Å². The van der Waals surface area contributed by atoms with Crippen molar-refractivity contribution in [3.63, 3.8) is 0 Å². The Morgan fingerprint density at radius 2 is 1.72 bits per heavy atom. The van der Waals surface area contributed by atoms with E-state index >= 15 is 0 Å². The van der Waals surface area contributed by atoms with Gasteiger partial charge >= 0.3 is 11.9 Å². The summed E-state index contributed by atoms with van der Waals surface area (Å²) in [7, 11) is 0. The molecule has 0 aliphatic rings. The van der Waals surface area contributed by atoms with Crippen molar-refractivity contribution in [2.45, 2.75) is 58.9 Å². The average molecular weight is 353 g/mol. The van der Waals surface area contributed by atoms with Gasteiger partial charge in [-0.15, -0.1) is 0 Å². The summed E-state index contributed by atoms with van der Waals surface area (Å²) in [6.07, 6.45) is 2.25. The molecule has 0 fully saturated rings. The van der Waals surface area contributed by atoms with E-state index in [0.717, 1.165) is 31.7 Å². The average Bonchev–Trinajstić information content (AvgIpc) is 2.50. The summed E-state index contributed by atoms with van der Waals surface area (Å²) in [6, 6.07) is 8.42. The summed E-state index contributed by atoms with van der Waals surface area (Å²) in [5.41, 5.74) is 1.55. The summed E-state index contributed by atoms with van der Waals surface area (Å²) < 4.78 is 5.80. The smallest absolute Gasteiger partial charge is 0.414 e. The Kier molecular flexibility index (Phi) is 10.5. The van der Waals surface area contributed by atoms with Crippen LogP contribution in [0.15, 0.2) is 24.3 Å². The van der Waals surface area contributed by atoms with E-state index in [0.29, 0.717) is 5.92 Å². The fraction of sp³-hybridized carbons (Fsp3) is 0.579. The molecule has 0 unspecified atom stereocenters. The highest BCUT2D eigenvalue weighted by molar-refractivity contribution is 6.27. The summed E-state index contributed by atoms with van der Waals surface area (Å²) in [5, 5.41) is 18.3. The Labute approximate surface area is 150 Å². The van der Waals surface area contributed by atoms with Crippen molar-refractivity contribution in [1.29, 1.82) is 0 Å². The van der Waals surface area contributed by atoms with E-state index in [9.17, 15) is 0 Å². The third-order valence-corrected chi connectivity index (χ3v) is 3.20. The largest absolute Gasteiger partial charge is 0.494 e. The third kappa shape index (κ3) is 12.9. The lowest BCUT2D eigenvalue weighted by Crippen LogP contribution is -2.36. The van der Waals surface area contributed by atoms with Crippen LogP contribution in [0.2, 0.25) is 0 Å². The molecule has 1 aromatic carbocycles. The molecule has 0 aliphatic carbocycles. The molecule has 0 aliphatic heterocycles. The fourth-order valence-electron chi connectivity index (χ4n) is 1.84. The van der Waals surface area contributed by atoms with Crippen molar-refractivity contribution >= 4 is 11.9 Å². The lowest BCUT2D eigenvalue weighted by atomic mass is 10.0. The zero-order chi connectivity index (χ0) is 19.5. The standard InChI is InChI=1S/C17H29NO.C2H2O4/c1-14(2)15-9-8-10-16(13-15)19-12-7-6-11-18-17(3,4)5;3-1(4)2(5)6/h8-10,13-14,18H,6-7,11-12H2,1-5H3;(H,3,4)(H,5,6). The van der Waals surface area contributed by atoms with E-state index in [1.54, 1.807) is 0 Å². The number of ether oxygens (including phenoxy) is 1. The zero-order valence-corrected chi connectivity index (χ0v) is 15.8. The molecular formula is C19H31NO5. The Morgan fingerprint density at radius 1 is 1.12 bits per heavy atom. The highest BCUT2D eigenvalue weighted by Crippen LogP contribution is 2.20. The second kappa shape index (κ2) is 11.5. The molecular weight excluding hydrogens is 322 g/mol. The molecule has 1 aromatic rings. The van der Waals surface area contributed by atoms with Gasteiger partial charge in [0, 0.05) is 5.54 Å². The zero-order valence-electron chi connectivity index (χ0n) is 15.8. The van der Waals surface area contributed by atoms with Gasteiger partial charge in [0.15, 0.2) is 0 Å². The maximum atomic E-state index is 9.10. The number of hydrogen-bond acceptors (Lipinski definition) is 4. The first kappa shape index (κ1) is 22.9. The van der Waals surface area contributed by atoms with E-state index in [2.05, 4.69) is 58.1 Å². The Hall–Kier alpha value is -2.08. The van der Waals surface area contributed by atoms with Crippen LogP contribution in [0.5, 0.6) is 5.75 Å². The number of hydrogen-bond donors (Lipinski definition) is 3. The molecule has 0 spiro atoms. The summed E-state index contributed by atoms with van der Waals surface area (Å²) >= 11 is 0. The summed E-state index contributed by atoms with van der Waals surface area (Å²) in [5.74, 6) is -2.10. The van der Waals surface area contributed by atoms with Gasteiger partial charge in [0.05, 0.1) is 6.61 Å². The van der Waals surface area contributed by atoms with Gasteiger partial charge < -0.3 is 20.3 Å². The molecule has 0 saturated heterocycles. The molecule has 0 aromatic heterocycles. The minimum absolute atomic E-state index is 0.215. The molecule has 0 heterocycles. The van der Waals surface area contributed by atoms with Crippen LogP contribution in [0.3, 0.4) is 0 Å². The van der Waals surface area contributed by atoms with Gasteiger partial charge in [-0.3, -0.25) is 0 Å². The normalized spacial score (nSPS) is 10.8. The van der Waals surface area contributed by atoms with Crippen LogP contribution < -0.4 is 10.1 Å². The van der Waals surface area contributed by atoms with Crippen LogP contribution >= 0.6 is 0 Å². The second-order valence-corrected chi connectivity index (χ2v) is 7.07. The van der Waals surface area contributed by atoms with E-state index < -0.39 is 11.9 Å². The second-order valence-electron chi connectivity index (χ2n) is 7.07. The SMILES string of the molecule is CC(C)c1cccc(OCCCCNC(C)(C)C)c1.O=C(O)C(=O)O. The predicted molar refractivity (Wildman–Crippen MR) is 98.3 cm³/mol. The molecule has 25 heavy (non-hydrogen) atoms. The molecule has 0 atom stereocenters. The van der Waals surface area contributed by atoms with Crippen LogP contribution in [0.4, 0.5) is 0 Å². The van der Waals surface area contributed by atoms with Gasteiger partial charge in [-0.2, -0.15) is 0 Å². The van der Waals surface area contributed by atoms with Crippen LogP contribution in [0, 0.1) is 0 Å². The lowest BCUT2D eigenvalue weighted by Gasteiger charge is -2.20. The number of unbranched alkanes of at least 4 members (excludes halogenated alkanes) is 1. The monoisotopic (exact) mass is 353 g/mol. The van der Waals surface area contributed by atoms with Gasteiger partial charge in [0.25, 0.3) is 0 Å². The molecule has 0 amide bonds. The Bertz CT molecular complexity index is 523. The van der Waals surface area contributed by atoms with Crippen molar-refractivity contribution in [2.24, 2.45) is 0 Å². The summed E-state index contributed by atoms with van der Waals surface area (Å²) in [6.45, 7) is 12.9. The molecule has 142 valence electrons. The Balaban J connectivity index is 0.000000823. The van der Waals surface area contributed by atoms with Gasteiger partial charge in [0.1, 0.15) is 5.75 Å². The highest BCUT2D eigenvalue weighted by atomic mass is 16.5. The fourth-order valence-corrected chi connectivity index (χ4v) is 1.84. The van der Waals surface area contributed by atoms with Crippen molar-refractivity contribution in [3.8, 4) is 5.75 Å². The maximum absolute atomic E-state index is 9.10. The number of carboxylic acid groups (broad SMARTS) is 2. The topological polar surface area (TPSA) is 95.9 Å². The number of benzene rings is 1. The molecule has 6 heteroatoms. The first-order valence-electron chi connectivity index (χ1n) is 8.47. The molecule has 1 rings (SSSR count). The van der Waals surface area contributed by atoms with Crippen LogP contribution in [-0.4, -0.2) is 40.8 Å². The first-order chi connectivity index (χ1) is 11.5. The molecule has 0 radical (unpaired) electrons. The van der Waals surface area contributed by atoms with E-state index in [4.69, 9.17) is 24.5 Å². The van der Waals surface area contributed by atoms with Crippen molar-refractivity contribution in [3.05, 3.63) is 29.8 Å². The minimum atomic E-state index is -1.82. The number of nitrogens with one attached hydrogen (secondary N) is 1. The Morgan fingerprint density at radius 3 is 2.20 bits per heavy atom. The van der Waals surface area contributed by atoms with Crippen molar-refractivity contribution in [2.75, 3.05) is 13.2 Å². The van der Waals surface area contributed by atoms with Gasteiger partial charge in [-0.05, 0) is 63.8 Å². The van der Waals surface area contributed by atoms with Gasteiger partial charge in [-0.25, -0.2) is 9.59 Å². The van der Waals surface area contributed by atoms with E-state index in [1.165, 1.54) is 5.56 Å². The summed E-state index contributed by atoms with van der Waals surface area (Å²) in [4.78, 5) is 18.2. The van der Waals surface area contributed by atoms with E-state index in [-0.39, 0.29) is 5.54 Å². The first-order valence-corrected chi connectivity index (χ1v) is 8.47. The predicted octanol–water partition coefficient (Wildman–Crippen LogP) is 3.51. The lowest BCUT2D eigenvalue weighted by molar-refractivity contribution is -0.159. The van der Waals surface area contributed by atoms with Crippen molar-refractivity contribution in [1.82, 2.24) is 5.32 Å². The van der Waals surface area contributed by atoms with Gasteiger partial charge in [-0.1, -0.05) is 26.0 Å². The maximum Gasteiger partial charge on any atom is 0.414 e. The number of rotatable bonds is 7. The molecule has 3 N–H and O–H groups in total. The minimum Gasteiger partial charge on any atom is -0.494 e. The number of carbonyl (C=O) groups is 2. The number of carboxylic acids is 2. The molecule has 6 nitrogen and oxygen atoms in total. The highest BCUT2D eigenvalue weighted by Gasteiger charge is 2.07.